The maximum atomic E-state index is 5.67. The van der Waals surface area contributed by atoms with Crippen LogP contribution in [0.1, 0.15) is 43.8 Å². The van der Waals surface area contributed by atoms with Crippen LogP contribution in [0.25, 0.3) is 23.0 Å². The second-order valence-corrected chi connectivity index (χ2v) is 8.19. The van der Waals surface area contributed by atoms with Crippen molar-refractivity contribution < 1.29 is 8.83 Å². The minimum absolute atomic E-state index is 0.415. The molecule has 148 valence electrons. The summed E-state index contributed by atoms with van der Waals surface area (Å²) in [6.45, 7) is 0. The third-order valence-electron chi connectivity index (χ3n) is 5.27. The molecule has 0 spiro atoms. The summed E-state index contributed by atoms with van der Waals surface area (Å²) in [4.78, 5) is 4.63. The number of rotatable bonds is 6. The summed E-state index contributed by atoms with van der Waals surface area (Å²) in [5.74, 6) is 2.91. The Balaban J connectivity index is 1.38. The maximum absolute atomic E-state index is 5.67. The highest BCUT2D eigenvalue weighted by atomic mass is 32.2. The molecule has 0 saturated heterocycles. The lowest BCUT2D eigenvalue weighted by molar-refractivity contribution is 0.337. The Labute approximate surface area is 173 Å². The summed E-state index contributed by atoms with van der Waals surface area (Å²) in [6, 6.07) is 14.2. The van der Waals surface area contributed by atoms with E-state index in [4.69, 9.17) is 8.83 Å². The van der Waals surface area contributed by atoms with Gasteiger partial charge in [0, 0.05) is 17.4 Å². The number of hydrogen-bond donors (Lipinski definition) is 0. The molecule has 0 N–H and O–H groups in total. The Morgan fingerprint density at radius 3 is 2.62 bits per heavy atom. The van der Waals surface area contributed by atoms with Gasteiger partial charge in [-0.3, -0.25) is 4.57 Å². The molecule has 1 aliphatic carbocycles. The van der Waals surface area contributed by atoms with E-state index >= 15 is 0 Å². The molecular formula is C22H22N4O2S. The van der Waals surface area contributed by atoms with E-state index in [2.05, 4.69) is 19.7 Å². The molecule has 3 aromatic heterocycles. The molecule has 0 radical (unpaired) electrons. The van der Waals surface area contributed by atoms with Crippen LogP contribution >= 0.6 is 11.8 Å². The largest absolute Gasteiger partial charge is 0.461 e. The summed E-state index contributed by atoms with van der Waals surface area (Å²) in [5.41, 5.74) is 1.88. The molecule has 0 atom stereocenters. The third kappa shape index (κ3) is 3.87. The first-order valence-corrected chi connectivity index (χ1v) is 11.0. The minimum atomic E-state index is 0.415. The van der Waals surface area contributed by atoms with Gasteiger partial charge in [0.1, 0.15) is 6.26 Å². The number of furan rings is 1. The molecule has 4 aromatic rings. The van der Waals surface area contributed by atoms with Gasteiger partial charge in [-0.1, -0.05) is 49.2 Å². The molecule has 1 aliphatic rings. The van der Waals surface area contributed by atoms with Crippen LogP contribution in [0.15, 0.2) is 69.0 Å². The van der Waals surface area contributed by atoms with E-state index in [0.29, 0.717) is 17.7 Å². The van der Waals surface area contributed by atoms with Crippen molar-refractivity contribution in [2.24, 2.45) is 0 Å². The Morgan fingerprint density at radius 1 is 0.966 bits per heavy atom. The monoisotopic (exact) mass is 406 g/mol. The first-order chi connectivity index (χ1) is 14.4. The predicted octanol–water partition coefficient (Wildman–Crippen LogP) is 5.99. The van der Waals surface area contributed by atoms with Gasteiger partial charge in [0.25, 0.3) is 0 Å². The maximum Gasteiger partial charge on any atom is 0.226 e. The fourth-order valence-electron chi connectivity index (χ4n) is 3.84. The molecule has 1 aromatic carbocycles. The van der Waals surface area contributed by atoms with Crippen LogP contribution in [0.2, 0.25) is 0 Å². The molecule has 3 heterocycles. The van der Waals surface area contributed by atoms with Gasteiger partial charge in [-0.25, -0.2) is 4.98 Å². The second-order valence-electron chi connectivity index (χ2n) is 7.24. The van der Waals surface area contributed by atoms with Gasteiger partial charge in [-0.15, -0.1) is 10.2 Å². The highest BCUT2D eigenvalue weighted by molar-refractivity contribution is 7.98. The average molecular weight is 407 g/mol. The van der Waals surface area contributed by atoms with Crippen molar-refractivity contribution in [2.45, 2.75) is 49.1 Å². The van der Waals surface area contributed by atoms with Crippen molar-refractivity contribution in [1.29, 1.82) is 0 Å². The zero-order chi connectivity index (χ0) is 19.5. The Morgan fingerprint density at radius 2 is 1.83 bits per heavy atom. The van der Waals surface area contributed by atoms with E-state index in [1.807, 2.05) is 42.5 Å². The van der Waals surface area contributed by atoms with Crippen LogP contribution in [-0.4, -0.2) is 19.7 Å². The highest BCUT2D eigenvalue weighted by Gasteiger charge is 2.25. The van der Waals surface area contributed by atoms with Crippen LogP contribution in [0.4, 0.5) is 0 Å². The lowest BCUT2D eigenvalue weighted by Gasteiger charge is -2.25. The normalized spacial score (nSPS) is 15.0. The average Bonchev–Trinajstić information content (AvgIpc) is 3.54. The summed E-state index contributed by atoms with van der Waals surface area (Å²) >= 11 is 1.65. The molecule has 0 aliphatic heterocycles. The molecule has 1 saturated carbocycles. The lowest BCUT2D eigenvalue weighted by atomic mass is 9.95. The molecule has 1 fully saturated rings. The Kier molecular flexibility index (Phi) is 5.21. The zero-order valence-electron chi connectivity index (χ0n) is 16.0. The number of aromatic nitrogens is 4. The van der Waals surface area contributed by atoms with E-state index in [0.717, 1.165) is 40.8 Å². The standard InChI is InChI=1S/C22H22N4O2S/c1-3-8-16(9-4-1)21-23-17(14-28-21)15-29-22-25-24-20(19-12-7-13-27-19)26(22)18-10-5-2-6-11-18/h1,3-4,7-9,12-14,18H,2,5-6,10-11,15H2. The van der Waals surface area contributed by atoms with Crippen LogP contribution in [0.5, 0.6) is 0 Å². The van der Waals surface area contributed by atoms with Gasteiger partial charge < -0.3 is 8.83 Å². The number of hydrogen-bond acceptors (Lipinski definition) is 6. The van der Waals surface area contributed by atoms with E-state index in [1.165, 1.54) is 19.3 Å². The smallest absolute Gasteiger partial charge is 0.226 e. The second kappa shape index (κ2) is 8.29. The summed E-state index contributed by atoms with van der Waals surface area (Å²) in [7, 11) is 0. The summed E-state index contributed by atoms with van der Waals surface area (Å²) < 4.78 is 13.6. The van der Waals surface area contributed by atoms with Gasteiger partial charge >= 0.3 is 0 Å². The van der Waals surface area contributed by atoms with Crippen LogP contribution in [-0.2, 0) is 5.75 Å². The summed E-state index contributed by atoms with van der Waals surface area (Å²) in [6.07, 6.45) is 9.51. The third-order valence-corrected chi connectivity index (χ3v) is 6.24. The topological polar surface area (TPSA) is 69.9 Å². The van der Waals surface area contributed by atoms with E-state index in [1.54, 1.807) is 24.3 Å². The molecular weight excluding hydrogens is 384 g/mol. The van der Waals surface area contributed by atoms with E-state index in [-0.39, 0.29) is 0 Å². The van der Waals surface area contributed by atoms with Crippen molar-refractivity contribution in [3.05, 3.63) is 60.7 Å². The predicted molar refractivity (Wildman–Crippen MR) is 111 cm³/mol. The first-order valence-electron chi connectivity index (χ1n) is 10.00. The lowest BCUT2D eigenvalue weighted by Crippen LogP contribution is -2.15. The molecule has 5 rings (SSSR count). The molecule has 0 bridgehead atoms. The first kappa shape index (κ1) is 18.2. The molecule has 0 amide bonds. The Bertz CT molecular complexity index is 1050. The van der Waals surface area contributed by atoms with E-state index in [9.17, 15) is 0 Å². The number of benzene rings is 1. The van der Waals surface area contributed by atoms with Crippen molar-refractivity contribution in [3.63, 3.8) is 0 Å². The minimum Gasteiger partial charge on any atom is -0.461 e. The zero-order valence-corrected chi connectivity index (χ0v) is 16.8. The van der Waals surface area contributed by atoms with Crippen molar-refractivity contribution in [1.82, 2.24) is 19.7 Å². The van der Waals surface area contributed by atoms with Crippen molar-refractivity contribution in [3.8, 4) is 23.0 Å². The molecule has 29 heavy (non-hydrogen) atoms. The van der Waals surface area contributed by atoms with Crippen LogP contribution in [0, 0.1) is 0 Å². The van der Waals surface area contributed by atoms with Crippen molar-refractivity contribution in [2.75, 3.05) is 0 Å². The van der Waals surface area contributed by atoms with Crippen LogP contribution in [0.3, 0.4) is 0 Å². The van der Waals surface area contributed by atoms with Gasteiger partial charge in [0.05, 0.1) is 12.0 Å². The molecule has 7 heteroatoms. The quantitative estimate of drug-likeness (QED) is 0.366. The van der Waals surface area contributed by atoms with Gasteiger partial charge in [0.15, 0.2) is 10.9 Å². The number of nitrogens with zero attached hydrogens (tertiary/aromatic N) is 4. The van der Waals surface area contributed by atoms with Gasteiger partial charge in [-0.2, -0.15) is 0 Å². The number of oxazole rings is 1. The SMILES string of the molecule is c1ccc(-c2nc(CSc3nnc(-c4ccco4)n3C3CCCCC3)co2)cc1. The van der Waals surface area contributed by atoms with Gasteiger partial charge in [0.2, 0.25) is 11.7 Å². The fraction of sp³-hybridized carbons (Fsp3) is 0.318. The Hall–Kier alpha value is -2.80. The molecule has 6 nitrogen and oxygen atoms in total. The van der Waals surface area contributed by atoms with Crippen LogP contribution < -0.4 is 0 Å². The van der Waals surface area contributed by atoms with Gasteiger partial charge in [-0.05, 0) is 37.1 Å². The van der Waals surface area contributed by atoms with E-state index < -0.39 is 0 Å². The summed E-state index contributed by atoms with van der Waals surface area (Å²) in [5, 5.41) is 9.85. The van der Waals surface area contributed by atoms with Crippen molar-refractivity contribution >= 4 is 11.8 Å². The fourth-order valence-corrected chi connectivity index (χ4v) is 4.73. The molecule has 0 unspecified atom stereocenters. The number of thioether (sulfide) groups is 1. The highest BCUT2D eigenvalue weighted by Crippen LogP contribution is 2.36.